The third kappa shape index (κ3) is 5.23. The van der Waals surface area contributed by atoms with Crippen molar-refractivity contribution in [2.24, 2.45) is 0 Å². The zero-order valence-corrected chi connectivity index (χ0v) is 21.3. The Balaban J connectivity index is 1.52. The van der Waals surface area contributed by atoms with Crippen molar-refractivity contribution in [2.45, 2.75) is 62.6 Å². The van der Waals surface area contributed by atoms with Crippen molar-refractivity contribution < 1.29 is 17.9 Å². The first-order valence-electron chi connectivity index (χ1n) is 11.7. The molecule has 0 radical (unpaired) electrons. The molecule has 2 unspecified atom stereocenters. The second-order valence-corrected chi connectivity index (χ2v) is 12.2. The lowest BCUT2D eigenvalue weighted by Gasteiger charge is -2.31. The average Bonchev–Trinajstić information content (AvgIpc) is 3.55. The highest BCUT2D eigenvalue weighted by Gasteiger charge is 2.30. The molecule has 1 aromatic heterocycles. The molecule has 0 spiro atoms. The second kappa shape index (κ2) is 10.3. The summed E-state index contributed by atoms with van der Waals surface area (Å²) in [5.41, 5.74) is 1.53. The van der Waals surface area contributed by atoms with Crippen LogP contribution in [0.1, 0.15) is 38.4 Å². The van der Waals surface area contributed by atoms with Gasteiger partial charge in [-0.05, 0) is 50.1 Å². The summed E-state index contributed by atoms with van der Waals surface area (Å²) in [7, 11) is -0.487. The molecule has 4 rings (SSSR count). The van der Waals surface area contributed by atoms with E-state index in [2.05, 4.69) is 9.47 Å². The number of hydrogen-bond acceptors (Lipinski definition) is 6. The molecule has 3 heterocycles. The molecule has 0 bridgehead atoms. The maximum atomic E-state index is 13.3. The van der Waals surface area contributed by atoms with Crippen LogP contribution in [0, 0.1) is 0 Å². The SMILES string of the molecule is CCn1c(CCC(=O)N(CC2CCCO2)C2CCSC2)nc2cc(S(=O)(=O)N(C)C)ccc21. The molecule has 2 aromatic rings. The molecule has 2 saturated heterocycles. The Morgan fingerprint density at radius 1 is 1.30 bits per heavy atom. The number of thioether (sulfide) groups is 1. The molecule has 33 heavy (non-hydrogen) atoms. The van der Waals surface area contributed by atoms with Gasteiger partial charge in [-0.15, -0.1) is 0 Å². The van der Waals surface area contributed by atoms with E-state index >= 15 is 0 Å². The van der Waals surface area contributed by atoms with Crippen LogP contribution in [-0.2, 0) is 32.5 Å². The Morgan fingerprint density at radius 3 is 2.76 bits per heavy atom. The van der Waals surface area contributed by atoms with Crippen molar-refractivity contribution in [1.82, 2.24) is 18.8 Å². The van der Waals surface area contributed by atoms with Gasteiger partial charge in [-0.1, -0.05) is 0 Å². The average molecular weight is 495 g/mol. The summed E-state index contributed by atoms with van der Waals surface area (Å²) in [5, 5.41) is 0. The Kier molecular flexibility index (Phi) is 7.67. The third-order valence-electron chi connectivity index (χ3n) is 6.55. The number of imidazole rings is 1. The summed E-state index contributed by atoms with van der Waals surface area (Å²) >= 11 is 1.91. The number of carbonyl (C=O) groups excluding carboxylic acids is 1. The van der Waals surface area contributed by atoms with E-state index in [1.165, 1.54) is 18.4 Å². The maximum absolute atomic E-state index is 13.3. The fourth-order valence-corrected chi connectivity index (χ4v) is 6.81. The summed E-state index contributed by atoms with van der Waals surface area (Å²) in [5.74, 6) is 3.07. The van der Waals surface area contributed by atoms with Gasteiger partial charge in [-0.2, -0.15) is 11.8 Å². The van der Waals surface area contributed by atoms with Crippen molar-refractivity contribution in [3.05, 3.63) is 24.0 Å². The van der Waals surface area contributed by atoms with Crippen LogP contribution in [0.2, 0.25) is 0 Å². The molecule has 2 fully saturated rings. The quantitative estimate of drug-likeness (QED) is 0.533. The maximum Gasteiger partial charge on any atom is 0.242 e. The molecule has 8 nitrogen and oxygen atoms in total. The molecule has 0 saturated carbocycles. The van der Waals surface area contributed by atoms with Crippen molar-refractivity contribution >= 4 is 38.7 Å². The van der Waals surface area contributed by atoms with Gasteiger partial charge in [0.1, 0.15) is 5.82 Å². The smallest absolute Gasteiger partial charge is 0.242 e. The highest BCUT2D eigenvalue weighted by Crippen LogP contribution is 2.26. The zero-order chi connectivity index (χ0) is 23.6. The van der Waals surface area contributed by atoms with E-state index in [9.17, 15) is 13.2 Å². The first-order chi connectivity index (χ1) is 15.8. The van der Waals surface area contributed by atoms with Gasteiger partial charge in [0.25, 0.3) is 0 Å². The van der Waals surface area contributed by atoms with Crippen LogP contribution in [0.4, 0.5) is 0 Å². The van der Waals surface area contributed by atoms with Gasteiger partial charge in [0.15, 0.2) is 0 Å². The van der Waals surface area contributed by atoms with Crippen LogP contribution in [0.3, 0.4) is 0 Å². The van der Waals surface area contributed by atoms with Crippen LogP contribution >= 0.6 is 11.8 Å². The highest BCUT2D eigenvalue weighted by molar-refractivity contribution is 7.99. The Bertz CT molecular complexity index is 1090. The van der Waals surface area contributed by atoms with Gasteiger partial charge in [-0.3, -0.25) is 4.79 Å². The van der Waals surface area contributed by atoms with Crippen LogP contribution < -0.4 is 0 Å². The molecule has 2 aliphatic rings. The van der Waals surface area contributed by atoms with Gasteiger partial charge in [0.2, 0.25) is 15.9 Å². The van der Waals surface area contributed by atoms with Crippen LogP contribution in [-0.4, -0.2) is 84.0 Å². The summed E-state index contributed by atoms with van der Waals surface area (Å²) in [4.78, 5) is 20.3. The number of carbonyl (C=O) groups is 1. The zero-order valence-electron chi connectivity index (χ0n) is 19.7. The van der Waals surface area contributed by atoms with E-state index in [-0.39, 0.29) is 22.9 Å². The van der Waals surface area contributed by atoms with Gasteiger partial charge in [0, 0.05) is 58.4 Å². The topological polar surface area (TPSA) is 84.7 Å². The van der Waals surface area contributed by atoms with E-state index in [1.807, 2.05) is 24.8 Å². The first-order valence-corrected chi connectivity index (χ1v) is 14.3. The summed E-state index contributed by atoms with van der Waals surface area (Å²) in [6.45, 7) is 4.22. The lowest BCUT2D eigenvalue weighted by atomic mass is 10.1. The molecule has 2 atom stereocenters. The fraction of sp³-hybridized carbons (Fsp3) is 0.652. The lowest BCUT2D eigenvalue weighted by molar-refractivity contribution is -0.134. The highest BCUT2D eigenvalue weighted by atomic mass is 32.2. The molecule has 1 amide bonds. The summed E-state index contributed by atoms with van der Waals surface area (Å²) in [6, 6.07) is 5.35. The monoisotopic (exact) mass is 494 g/mol. The minimum atomic E-state index is -3.53. The predicted octanol–water partition coefficient (Wildman–Crippen LogP) is 2.75. The number of nitrogens with zero attached hydrogens (tertiary/aromatic N) is 4. The number of aromatic nitrogens is 2. The first kappa shape index (κ1) is 24.5. The van der Waals surface area contributed by atoms with Crippen LogP contribution in [0.15, 0.2) is 23.1 Å². The van der Waals surface area contributed by atoms with E-state index in [0.717, 1.165) is 48.7 Å². The van der Waals surface area contributed by atoms with Crippen molar-refractivity contribution in [1.29, 1.82) is 0 Å². The van der Waals surface area contributed by atoms with Crippen LogP contribution in [0.5, 0.6) is 0 Å². The van der Waals surface area contributed by atoms with Crippen molar-refractivity contribution in [3.8, 4) is 0 Å². The number of hydrogen-bond donors (Lipinski definition) is 0. The van der Waals surface area contributed by atoms with E-state index in [0.29, 0.717) is 31.4 Å². The standard InChI is InChI=1S/C23H34N4O4S2/c1-4-26-21-8-7-19(33(29,30)25(2)3)14-20(21)24-22(26)9-10-23(28)27(17-11-13-32-16-17)15-18-6-5-12-31-18/h7-8,14,17-18H,4-6,9-13,15-16H2,1-3H3. The van der Waals surface area contributed by atoms with Gasteiger partial charge < -0.3 is 14.2 Å². The third-order valence-corrected chi connectivity index (χ3v) is 9.50. The fourth-order valence-electron chi connectivity index (χ4n) is 4.67. The molecule has 0 aliphatic carbocycles. The van der Waals surface area contributed by atoms with E-state index in [1.54, 1.807) is 12.1 Å². The van der Waals surface area contributed by atoms with Gasteiger partial charge in [0.05, 0.1) is 22.0 Å². The number of sulfonamides is 1. The Hall–Kier alpha value is -1.62. The lowest BCUT2D eigenvalue weighted by Crippen LogP contribution is -2.44. The van der Waals surface area contributed by atoms with Crippen molar-refractivity contribution in [3.63, 3.8) is 0 Å². The number of fused-ring (bicyclic) bond motifs is 1. The summed E-state index contributed by atoms with van der Waals surface area (Å²) in [6.07, 6.45) is 4.20. The predicted molar refractivity (Wildman–Crippen MR) is 131 cm³/mol. The van der Waals surface area contributed by atoms with Gasteiger partial charge in [-0.25, -0.2) is 17.7 Å². The molecule has 0 N–H and O–H groups in total. The van der Waals surface area contributed by atoms with Gasteiger partial charge >= 0.3 is 0 Å². The molecule has 10 heteroatoms. The van der Waals surface area contributed by atoms with E-state index < -0.39 is 10.0 Å². The molecule has 182 valence electrons. The van der Waals surface area contributed by atoms with Crippen molar-refractivity contribution in [2.75, 3.05) is 38.8 Å². The largest absolute Gasteiger partial charge is 0.376 e. The van der Waals surface area contributed by atoms with E-state index in [4.69, 9.17) is 9.72 Å². The number of rotatable bonds is 9. The molecular weight excluding hydrogens is 460 g/mol. The number of amides is 1. The summed E-state index contributed by atoms with van der Waals surface area (Å²) < 4.78 is 34.1. The molecule has 2 aliphatic heterocycles. The normalized spacial score (nSPS) is 21.3. The number of aryl methyl sites for hydroxylation is 2. The minimum Gasteiger partial charge on any atom is -0.376 e. The minimum absolute atomic E-state index is 0.150. The molecular formula is C23H34N4O4S2. The number of benzene rings is 1. The second-order valence-electron chi connectivity index (χ2n) is 8.91. The molecule has 1 aromatic carbocycles. The number of ether oxygens (including phenoxy) is 1. The Morgan fingerprint density at radius 2 is 2.12 bits per heavy atom. The Labute approximate surface area is 200 Å². The van der Waals surface area contributed by atoms with Crippen LogP contribution in [0.25, 0.3) is 11.0 Å².